The average Bonchev–Trinajstić information content (AvgIpc) is 3.33. The average molecular weight is 378 g/mol. The lowest BCUT2D eigenvalue weighted by Gasteiger charge is -2.14. The van der Waals surface area contributed by atoms with Gasteiger partial charge in [-0.2, -0.15) is 0 Å². The fourth-order valence-corrected chi connectivity index (χ4v) is 3.11. The third-order valence-corrected chi connectivity index (χ3v) is 4.43. The van der Waals surface area contributed by atoms with Crippen LogP contribution in [0.15, 0.2) is 65.3 Å². The van der Waals surface area contributed by atoms with Gasteiger partial charge in [0.2, 0.25) is 5.89 Å². The quantitative estimate of drug-likeness (QED) is 0.588. The summed E-state index contributed by atoms with van der Waals surface area (Å²) < 4.78 is 11.6. The maximum Gasteiger partial charge on any atom is 0.330 e. The molecule has 2 aromatic carbocycles. The van der Waals surface area contributed by atoms with E-state index in [1.54, 1.807) is 6.26 Å². The van der Waals surface area contributed by atoms with Gasteiger partial charge in [0.15, 0.2) is 0 Å². The zero-order chi connectivity index (χ0) is 19.3. The number of hydrazine groups is 1. The number of oxazole rings is 1. The molecular weight excluding hydrogens is 356 g/mol. The molecule has 3 aromatic rings. The molecule has 1 aromatic heterocycles. The zero-order valence-electron chi connectivity index (χ0n) is 15.5. The van der Waals surface area contributed by atoms with E-state index in [0.29, 0.717) is 18.7 Å². The number of amides is 2. The number of ether oxygens (including phenoxy) is 1. The Labute approximate surface area is 163 Å². The minimum Gasteiger partial charge on any atom is -0.490 e. The standard InChI is InChI=1S/C21H22N4O3/c1-14(11-17-13-27-20(22-17)16-5-3-2-4-6-16)28-18-9-7-15(8-10-18)12-19-23-21(26)25-24-19/h2-10,13-14,19,24H,11-12H2,1H3,(H2,23,25,26). The van der Waals surface area contributed by atoms with Crippen LogP contribution in [0.3, 0.4) is 0 Å². The molecule has 7 nitrogen and oxygen atoms in total. The molecule has 4 rings (SSSR count). The molecule has 28 heavy (non-hydrogen) atoms. The SMILES string of the molecule is CC(Cc1coc(-c2ccccc2)n1)Oc1ccc(CC2NNC(=O)N2)cc1. The molecular formula is C21H22N4O3. The van der Waals surface area contributed by atoms with Gasteiger partial charge in [-0.25, -0.2) is 15.2 Å². The van der Waals surface area contributed by atoms with Crippen molar-refractivity contribution in [2.24, 2.45) is 0 Å². The van der Waals surface area contributed by atoms with E-state index < -0.39 is 0 Å². The summed E-state index contributed by atoms with van der Waals surface area (Å²) in [5.41, 5.74) is 8.33. The van der Waals surface area contributed by atoms with Crippen molar-refractivity contribution in [1.29, 1.82) is 0 Å². The van der Waals surface area contributed by atoms with E-state index in [-0.39, 0.29) is 18.3 Å². The first-order chi connectivity index (χ1) is 13.7. The van der Waals surface area contributed by atoms with Gasteiger partial charge < -0.3 is 14.5 Å². The molecule has 7 heteroatoms. The third-order valence-electron chi connectivity index (χ3n) is 4.43. The van der Waals surface area contributed by atoms with Crippen LogP contribution in [0.5, 0.6) is 5.75 Å². The van der Waals surface area contributed by atoms with Gasteiger partial charge >= 0.3 is 6.03 Å². The monoisotopic (exact) mass is 378 g/mol. The Hall–Kier alpha value is -3.32. The molecule has 2 heterocycles. The zero-order valence-corrected chi connectivity index (χ0v) is 15.5. The maximum absolute atomic E-state index is 11.1. The maximum atomic E-state index is 11.1. The van der Waals surface area contributed by atoms with Crippen LogP contribution in [0.1, 0.15) is 18.2 Å². The molecule has 1 aliphatic rings. The van der Waals surface area contributed by atoms with Crippen molar-refractivity contribution in [1.82, 2.24) is 21.2 Å². The predicted octanol–water partition coefficient (Wildman–Crippen LogP) is 3.04. The highest BCUT2D eigenvalue weighted by Crippen LogP contribution is 2.20. The van der Waals surface area contributed by atoms with Gasteiger partial charge in [0.05, 0.1) is 5.69 Å². The molecule has 2 unspecified atom stereocenters. The number of rotatable bonds is 7. The van der Waals surface area contributed by atoms with Crippen LogP contribution in [0.4, 0.5) is 4.79 Å². The van der Waals surface area contributed by atoms with E-state index >= 15 is 0 Å². The summed E-state index contributed by atoms with van der Waals surface area (Å²) in [5.74, 6) is 1.42. The summed E-state index contributed by atoms with van der Waals surface area (Å²) in [5, 5.41) is 2.78. The van der Waals surface area contributed by atoms with Crippen LogP contribution in [-0.4, -0.2) is 23.3 Å². The number of hydrogen-bond acceptors (Lipinski definition) is 5. The third kappa shape index (κ3) is 4.50. The molecule has 0 spiro atoms. The van der Waals surface area contributed by atoms with Crippen molar-refractivity contribution < 1.29 is 13.9 Å². The fourth-order valence-electron chi connectivity index (χ4n) is 3.11. The Balaban J connectivity index is 1.31. The van der Waals surface area contributed by atoms with Gasteiger partial charge in [0.1, 0.15) is 24.3 Å². The molecule has 2 atom stereocenters. The van der Waals surface area contributed by atoms with Gasteiger partial charge in [0.25, 0.3) is 0 Å². The minimum absolute atomic E-state index is 0.0421. The van der Waals surface area contributed by atoms with Gasteiger partial charge in [0, 0.05) is 18.4 Å². The summed E-state index contributed by atoms with van der Waals surface area (Å²) in [7, 11) is 0. The van der Waals surface area contributed by atoms with Gasteiger partial charge in [-0.05, 0) is 36.8 Å². The Morgan fingerprint density at radius 1 is 1.14 bits per heavy atom. The number of hydrogen-bond donors (Lipinski definition) is 3. The van der Waals surface area contributed by atoms with Crippen molar-refractivity contribution in [2.75, 3.05) is 0 Å². The summed E-state index contributed by atoms with van der Waals surface area (Å²) in [6, 6.07) is 17.5. The molecule has 0 radical (unpaired) electrons. The number of carbonyl (C=O) groups excluding carboxylic acids is 1. The summed E-state index contributed by atoms with van der Waals surface area (Å²) in [6.45, 7) is 2.01. The molecule has 0 bridgehead atoms. The second-order valence-electron chi connectivity index (χ2n) is 6.79. The van der Waals surface area contributed by atoms with Crippen LogP contribution in [0, 0.1) is 0 Å². The number of benzene rings is 2. The van der Waals surface area contributed by atoms with Crippen LogP contribution in [-0.2, 0) is 12.8 Å². The van der Waals surface area contributed by atoms with Crippen LogP contribution >= 0.6 is 0 Å². The van der Waals surface area contributed by atoms with E-state index in [4.69, 9.17) is 9.15 Å². The largest absolute Gasteiger partial charge is 0.490 e. The normalized spacial score (nSPS) is 17.0. The highest BCUT2D eigenvalue weighted by atomic mass is 16.5. The smallest absolute Gasteiger partial charge is 0.330 e. The number of urea groups is 1. The van der Waals surface area contributed by atoms with Crippen molar-refractivity contribution in [2.45, 2.75) is 32.0 Å². The predicted molar refractivity (Wildman–Crippen MR) is 104 cm³/mol. The summed E-state index contributed by atoms with van der Waals surface area (Å²) >= 11 is 0. The lowest BCUT2D eigenvalue weighted by molar-refractivity contribution is 0.220. The molecule has 1 aliphatic heterocycles. The first kappa shape index (κ1) is 18.1. The molecule has 1 fully saturated rings. The Kier molecular flexibility index (Phi) is 5.25. The Morgan fingerprint density at radius 2 is 1.93 bits per heavy atom. The van der Waals surface area contributed by atoms with Gasteiger partial charge in [-0.15, -0.1) is 0 Å². The van der Waals surface area contributed by atoms with Crippen LogP contribution in [0.25, 0.3) is 11.5 Å². The van der Waals surface area contributed by atoms with E-state index in [9.17, 15) is 4.79 Å². The fraction of sp³-hybridized carbons (Fsp3) is 0.238. The number of nitrogens with zero attached hydrogens (tertiary/aromatic N) is 1. The number of carbonyl (C=O) groups is 1. The second-order valence-corrected chi connectivity index (χ2v) is 6.79. The van der Waals surface area contributed by atoms with Gasteiger partial charge in [-0.3, -0.25) is 5.43 Å². The highest BCUT2D eigenvalue weighted by Gasteiger charge is 2.19. The van der Waals surface area contributed by atoms with Crippen LogP contribution in [0.2, 0.25) is 0 Å². The topological polar surface area (TPSA) is 88.4 Å². The second kappa shape index (κ2) is 8.14. The van der Waals surface area contributed by atoms with Gasteiger partial charge in [-0.1, -0.05) is 30.3 Å². The molecule has 1 saturated heterocycles. The highest BCUT2D eigenvalue weighted by molar-refractivity contribution is 5.75. The lowest BCUT2D eigenvalue weighted by atomic mass is 10.1. The number of aromatic nitrogens is 1. The first-order valence-electron chi connectivity index (χ1n) is 9.23. The summed E-state index contributed by atoms with van der Waals surface area (Å²) in [6.07, 6.45) is 2.88. The molecule has 2 amide bonds. The molecule has 144 valence electrons. The Bertz CT molecular complexity index is 924. The van der Waals surface area contributed by atoms with E-state index in [2.05, 4.69) is 21.2 Å². The van der Waals surface area contributed by atoms with E-state index in [0.717, 1.165) is 22.6 Å². The van der Waals surface area contributed by atoms with Crippen molar-refractivity contribution in [3.63, 3.8) is 0 Å². The van der Waals surface area contributed by atoms with Crippen molar-refractivity contribution >= 4 is 6.03 Å². The van der Waals surface area contributed by atoms with Crippen LogP contribution < -0.4 is 20.9 Å². The molecule has 0 aliphatic carbocycles. The summed E-state index contributed by atoms with van der Waals surface area (Å²) in [4.78, 5) is 15.7. The van der Waals surface area contributed by atoms with Crippen molar-refractivity contribution in [3.8, 4) is 17.2 Å². The molecule has 0 saturated carbocycles. The van der Waals surface area contributed by atoms with E-state index in [1.807, 2.05) is 61.5 Å². The lowest BCUT2D eigenvalue weighted by Crippen LogP contribution is -2.35. The van der Waals surface area contributed by atoms with Crippen molar-refractivity contribution in [3.05, 3.63) is 72.1 Å². The minimum atomic E-state index is -0.206. The molecule has 3 N–H and O–H groups in total. The first-order valence-corrected chi connectivity index (χ1v) is 9.23. The Morgan fingerprint density at radius 3 is 2.64 bits per heavy atom. The van der Waals surface area contributed by atoms with E-state index in [1.165, 1.54) is 0 Å². The number of nitrogens with one attached hydrogen (secondary N) is 3.